The van der Waals surface area contributed by atoms with Gasteiger partial charge in [-0.25, -0.2) is 0 Å². The van der Waals surface area contributed by atoms with Crippen LogP contribution in [0, 0.1) is 34.5 Å². The second kappa shape index (κ2) is 5.25. The van der Waals surface area contributed by atoms with E-state index in [2.05, 4.69) is 33.0 Å². The van der Waals surface area contributed by atoms with Gasteiger partial charge in [0.25, 0.3) is 0 Å². The molecule has 0 radical (unpaired) electrons. The maximum Gasteiger partial charge on any atom is 0.114 e. The lowest BCUT2D eigenvalue weighted by Gasteiger charge is -2.61. The molecule has 0 aromatic carbocycles. The third kappa shape index (κ3) is 2.16. The first-order valence-corrected chi connectivity index (χ1v) is 11.2. The maximum atomic E-state index is 6.77. The molecule has 1 spiro atoms. The second-order valence-electron chi connectivity index (χ2n) is 11.4. The molecule has 25 heavy (non-hydrogen) atoms. The van der Waals surface area contributed by atoms with Gasteiger partial charge < -0.3 is 4.74 Å². The van der Waals surface area contributed by atoms with Crippen molar-refractivity contribution in [3.63, 3.8) is 0 Å². The molecule has 1 N–H and O–H groups in total. The minimum Gasteiger partial charge on any atom is -0.353 e. The monoisotopic (exact) mass is 345 g/mol. The van der Waals surface area contributed by atoms with Crippen molar-refractivity contribution in [2.45, 2.75) is 103 Å². The second-order valence-corrected chi connectivity index (χ2v) is 11.4. The van der Waals surface area contributed by atoms with Crippen LogP contribution < -0.4 is 5.32 Å². The van der Waals surface area contributed by atoms with Gasteiger partial charge in [0.2, 0.25) is 0 Å². The maximum absolute atomic E-state index is 6.77. The lowest BCUT2D eigenvalue weighted by Crippen LogP contribution is -2.57. The van der Waals surface area contributed by atoms with Crippen LogP contribution in [0.5, 0.6) is 0 Å². The molecule has 0 aromatic heterocycles. The summed E-state index contributed by atoms with van der Waals surface area (Å²) in [6, 6.07) is 0. The highest BCUT2D eigenvalue weighted by molar-refractivity contribution is 5.17. The largest absolute Gasteiger partial charge is 0.353 e. The summed E-state index contributed by atoms with van der Waals surface area (Å²) in [5, 5.41) is 3.69. The molecule has 0 unspecified atom stereocenters. The van der Waals surface area contributed by atoms with Gasteiger partial charge in [-0.15, -0.1) is 0 Å². The van der Waals surface area contributed by atoms with E-state index < -0.39 is 0 Å². The van der Waals surface area contributed by atoms with Crippen LogP contribution >= 0.6 is 0 Å². The van der Waals surface area contributed by atoms with Crippen molar-refractivity contribution in [1.82, 2.24) is 5.32 Å². The van der Waals surface area contributed by atoms with Gasteiger partial charge in [-0.3, -0.25) is 5.32 Å². The highest BCUT2D eigenvalue weighted by Crippen LogP contribution is 2.69. The van der Waals surface area contributed by atoms with E-state index in [1.807, 2.05) is 0 Å². The molecule has 0 amide bonds. The van der Waals surface area contributed by atoms with Gasteiger partial charge >= 0.3 is 0 Å². The van der Waals surface area contributed by atoms with Crippen LogP contribution in [0.4, 0.5) is 0 Å². The first-order valence-electron chi connectivity index (χ1n) is 11.2. The van der Waals surface area contributed by atoms with E-state index in [1.165, 1.54) is 64.2 Å². The smallest absolute Gasteiger partial charge is 0.114 e. The first-order chi connectivity index (χ1) is 11.8. The van der Waals surface area contributed by atoms with Gasteiger partial charge in [-0.05, 0) is 94.3 Å². The molecule has 4 saturated carbocycles. The Morgan fingerprint density at radius 2 is 1.60 bits per heavy atom. The van der Waals surface area contributed by atoms with Crippen LogP contribution in [0.25, 0.3) is 0 Å². The topological polar surface area (TPSA) is 21.3 Å². The molecule has 5 aliphatic rings. The Balaban J connectivity index is 1.46. The van der Waals surface area contributed by atoms with Crippen LogP contribution in [0.15, 0.2) is 0 Å². The van der Waals surface area contributed by atoms with Crippen molar-refractivity contribution in [2.75, 3.05) is 6.54 Å². The SMILES string of the molecule is CC1(C)NC[C@@]2(CC[C@H]3[C@@H]4CC[C@@H]5CCCC[C@]5(C)[C@H]4CC[C@@]32C)O1. The van der Waals surface area contributed by atoms with Crippen molar-refractivity contribution in [3.8, 4) is 0 Å². The predicted molar refractivity (Wildman–Crippen MR) is 102 cm³/mol. The standard InChI is InChI=1S/C23H39NO/c1-20(2)24-15-23(25-20)14-11-19-17-9-8-16-7-5-6-12-21(16,3)18(17)10-13-22(19,23)4/h16-19,24H,5-15H2,1-4H3/t16-,17+,18-,19-,21-,22-,23+/m0/s1. The third-order valence-electron chi connectivity index (χ3n) is 10.1. The van der Waals surface area contributed by atoms with Crippen LogP contribution in [-0.2, 0) is 4.74 Å². The first kappa shape index (κ1) is 17.0. The zero-order chi connectivity index (χ0) is 17.5. The van der Waals surface area contributed by atoms with E-state index in [-0.39, 0.29) is 11.3 Å². The average molecular weight is 346 g/mol. The van der Waals surface area contributed by atoms with Crippen LogP contribution in [-0.4, -0.2) is 17.9 Å². The van der Waals surface area contributed by atoms with E-state index in [4.69, 9.17) is 4.74 Å². The van der Waals surface area contributed by atoms with Crippen molar-refractivity contribution in [3.05, 3.63) is 0 Å². The third-order valence-corrected chi connectivity index (χ3v) is 10.1. The normalized spacial score (nSPS) is 57.1. The molecule has 5 rings (SSSR count). The summed E-state index contributed by atoms with van der Waals surface area (Å²) in [6.45, 7) is 10.8. The molecule has 2 heteroatoms. The van der Waals surface area contributed by atoms with Crippen LogP contribution in [0.1, 0.15) is 91.9 Å². The van der Waals surface area contributed by atoms with E-state index in [9.17, 15) is 0 Å². The molecule has 4 aliphatic carbocycles. The zero-order valence-electron chi connectivity index (χ0n) is 17.0. The minimum absolute atomic E-state index is 0.108. The summed E-state index contributed by atoms with van der Waals surface area (Å²) in [6.07, 6.45) is 14.6. The number of ether oxygens (including phenoxy) is 1. The molecule has 1 saturated heterocycles. The Morgan fingerprint density at radius 1 is 0.800 bits per heavy atom. The van der Waals surface area contributed by atoms with E-state index in [1.54, 1.807) is 0 Å². The summed E-state index contributed by atoms with van der Waals surface area (Å²) >= 11 is 0. The van der Waals surface area contributed by atoms with Gasteiger partial charge in [-0.1, -0.05) is 26.7 Å². The lowest BCUT2D eigenvalue weighted by molar-refractivity contribution is -0.180. The average Bonchev–Trinajstić information content (AvgIpc) is 3.04. The Hall–Kier alpha value is -0.0800. The summed E-state index contributed by atoms with van der Waals surface area (Å²) in [7, 11) is 0. The van der Waals surface area contributed by atoms with Gasteiger partial charge in [0.05, 0.1) is 5.60 Å². The molecular weight excluding hydrogens is 306 g/mol. The molecule has 2 nitrogen and oxygen atoms in total. The molecule has 0 bridgehead atoms. The van der Waals surface area contributed by atoms with Crippen LogP contribution in [0.2, 0.25) is 0 Å². The molecular formula is C23H39NO. The van der Waals surface area contributed by atoms with Crippen molar-refractivity contribution >= 4 is 0 Å². The highest BCUT2D eigenvalue weighted by Gasteiger charge is 2.67. The Bertz CT molecular complexity index is 558. The van der Waals surface area contributed by atoms with Gasteiger partial charge in [0.15, 0.2) is 0 Å². The number of fused-ring (bicyclic) bond motifs is 6. The summed E-state index contributed by atoms with van der Waals surface area (Å²) in [4.78, 5) is 0. The minimum atomic E-state index is -0.137. The Morgan fingerprint density at radius 3 is 2.36 bits per heavy atom. The van der Waals surface area contributed by atoms with Crippen molar-refractivity contribution in [1.29, 1.82) is 0 Å². The molecule has 5 fully saturated rings. The fourth-order valence-electron chi connectivity index (χ4n) is 8.76. The van der Waals surface area contributed by atoms with Gasteiger partial charge in [-0.2, -0.15) is 0 Å². The van der Waals surface area contributed by atoms with E-state index in [0.717, 1.165) is 30.2 Å². The molecule has 7 atom stereocenters. The van der Waals surface area contributed by atoms with E-state index >= 15 is 0 Å². The lowest BCUT2D eigenvalue weighted by atomic mass is 9.44. The molecule has 142 valence electrons. The predicted octanol–water partition coefficient (Wildman–Crippen LogP) is 5.51. The Kier molecular flexibility index (Phi) is 3.58. The number of hydrogen-bond donors (Lipinski definition) is 1. The van der Waals surface area contributed by atoms with Crippen LogP contribution in [0.3, 0.4) is 0 Å². The Labute approximate surface area is 154 Å². The summed E-state index contributed by atoms with van der Waals surface area (Å²) in [5.41, 5.74) is 1.03. The fourth-order valence-corrected chi connectivity index (χ4v) is 8.76. The van der Waals surface area contributed by atoms with E-state index in [0.29, 0.717) is 10.8 Å². The highest BCUT2D eigenvalue weighted by atomic mass is 16.6. The van der Waals surface area contributed by atoms with Crippen molar-refractivity contribution < 1.29 is 4.74 Å². The van der Waals surface area contributed by atoms with Gasteiger partial charge in [0.1, 0.15) is 5.72 Å². The number of hydrogen-bond acceptors (Lipinski definition) is 2. The van der Waals surface area contributed by atoms with Crippen molar-refractivity contribution in [2.24, 2.45) is 34.5 Å². The zero-order valence-corrected chi connectivity index (χ0v) is 17.0. The quantitative estimate of drug-likeness (QED) is 0.624. The summed E-state index contributed by atoms with van der Waals surface area (Å²) in [5.74, 6) is 3.92. The molecule has 1 heterocycles. The number of nitrogens with one attached hydrogen (secondary N) is 1. The summed E-state index contributed by atoms with van der Waals surface area (Å²) < 4.78 is 6.77. The fraction of sp³-hybridized carbons (Fsp3) is 1.00. The number of rotatable bonds is 0. The van der Waals surface area contributed by atoms with Gasteiger partial charge in [0, 0.05) is 12.0 Å². The molecule has 0 aromatic rings. The molecule has 1 aliphatic heterocycles.